The molecule has 0 spiro atoms. The first-order valence-electron chi connectivity index (χ1n) is 10.6. The number of hydrogen-bond acceptors (Lipinski definition) is 6. The largest absolute Gasteiger partial charge is 0.497 e. The number of aromatic nitrogens is 3. The molecule has 0 fully saturated rings. The lowest BCUT2D eigenvalue weighted by Crippen LogP contribution is -2.24. The quantitative estimate of drug-likeness (QED) is 0.314. The molecule has 4 aromatic rings. The van der Waals surface area contributed by atoms with E-state index in [-0.39, 0.29) is 17.4 Å². The number of nitrogens with one attached hydrogen (secondary N) is 2. The molecule has 2 aromatic heterocycles. The number of thiazole rings is 1. The Bertz CT molecular complexity index is 1350. The molecule has 0 aliphatic carbocycles. The number of nitrogens with zero attached hydrogens (tertiary/aromatic N) is 3. The zero-order valence-electron chi connectivity index (χ0n) is 18.9. The van der Waals surface area contributed by atoms with Crippen molar-refractivity contribution in [2.24, 2.45) is 11.0 Å². The van der Waals surface area contributed by atoms with E-state index in [1.807, 2.05) is 62.4 Å². The molecule has 2 N–H and O–H groups in total. The maximum atomic E-state index is 13.5. The van der Waals surface area contributed by atoms with E-state index < -0.39 is 0 Å². The van der Waals surface area contributed by atoms with Crippen molar-refractivity contribution in [3.8, 4) is 22.1 Å². The van der Waals surface area contributed by atoms with Gasteiger partial charge in [-0.25, -0.2) is 10.4 Å². The summed E-state index contributed by atoms with van der Waals surface area (Å²) in [6.07, 6.45) is 0.352. The van der Waals surface area contributed by atoms with Gasteiger partial charge in [0.1, 0.15) is 5.75 Å². The number of rotatable bonds is 7. The van der Waals surface area contributed by atoms with Gasteiger partial charge in [0.25, 0.3) is 5.56 Å². The molecule has 1 amide bonds. The lowest BCUT2D eigenvalue weighted by Gasteiger charge is -2.06. The third-order valence-electron chi connectivity index (χ3n) is 5.05. The van der Waals surface area contributed by atoms with Crippen LogP contribution in [-0.4, -0.2) is 33.5 Å². The van der Waals surface area contributed by atoms with Crippen LogP contribution in [0.15, 0.2) is 58.4 Å². The molecule has 0 radical (unpaired) electrons. The third-order valence-corrected chi connectivity index (χ3v) is 6.07. The molecule has 2 aromatic carbocycles. The van der Waals surface area contributed by atoms with E-state index in [4.69, 9.17) is 4.74 Å². The van der Waals surface area contributed by atoms with Gasteiger partial charge < -0.3 is 4.74 Å². The molecule has 0 saturated carbocycles. The molecule has 9 heteroatoms. The Kier molecular flexibility index (Phi) is 6.41. The van der Waals surface area contributed by atoms with Gasteiger partial charge >= 0.3 is 0 Å². The van der Waals surface area contributed by atoms with Crippen molar-refractivity contribution in [1.82, 2.24) is 20.2 Å². The monoisotopic (exact) mass is 463 g/mol. The van der Waals surface area contributed by atoms with Crippen LogP contribution in [0.1, 0.15) is 32.8 Å². The number of ether oxygens (including phenoxy) is 1. The van der Waals surface area contributed by atoms with Crippen molar-refractivity contribution in [1.29, 1.82) is 0 Å². The van der Waals surface area contributed by atoms with Crippen LogP contribution < -0.4 is 15.7 Å². The molecule has 0 bridgehead atoms. The van der Waals surface area contributed by atoms with Crippen LogP contribution in [0.4, 0.5) is 0 Å². The van der Waals surface area contributed by atoms with Gasteiger partial charge in [0.2, 0.25) is 11.0 Å². The van der Waals surface area contributed by atoms with Crippen molar-refractivity contribution in [3.63, 3.8) is 0 Å². The minimum Gasteiger partial charge on any atom is -0.497 e. The number of aromatic amines is 1. The number of carbonyl (C=O) groups is 1. The van der Waals surface area contributed by atoms with Crippen LogP contribution >= 0.6 is 11.3 Å². The SMILES string of the molecule is COc1ccc(-c2[nH]n(-c3nc4ccccc4s3)c(=O)c2/C(C)=N\NC(=O)CC(C)C)cc1. The summed E-state index contributed by atoms with van der Waals surface area (Å²) in [6, 6.07) is 15.1. The van der Waals surface area contributed by atoms with Crippen LogP contribution in [0.2, 0.25) is 0 Å². The third kappa shape index (κ3) is 4.73. The molecule has 0 aliphatic heterocycles. The van der Waals surface area contributed by atoms with Crippen LogP contribution in [0.25, 0.3) is 26.6 Å². The van der Waals surface area contributed by atoms with Crippen LogP contribution in [0, 0.1) is 5.92 Å². The number of H-pyrrole nitrogens is 1. The Morgan fingerprint density at radius 3 is 2.61 bits per heavy atom. The highest BCUT2D eigenvalue weighted by molar-refractivity contribution is 7.20. The predicted molar refractivity (Wildman–Crippen MR) is 131 cm³/mol. The van der Waals surface area contributed by atoms with Crippen LogP contribution in [0.3, 0.4) is 0 Å². The Morgan fingerprint density at radius 1 is 1.21 bits per heavy atom. The van der Waals surface area contributed by atoms with E-state index >= 15 is 0 Å². The molecule has 4 rings (SSSR count). The summed E-state index contributed by atoms with van der Waals surface area (Å²) < 4.78 is 7.66. The highest BCUT2D eigenvalue weighted by Gasteiger charge is 2.21. The first kappa shape index (κ1) is 22.5. The number of amides is 1. The van der Waals surface area contributed by atoms with Gasteiger partial charge in [0.05, 0.1) is 34.3 Å². The van der Waals surface area contributed by atoms with Gasteiger partial charge in [0.15, 0.2) is 0 Å². The second-order valence-corrected chi connectivity index (χ2v) is 9.03. The van der Waals surface area contributed by atoms with E-state index in [1.54, 1.807) is 14.0 Å². The zero-order chi connectivity index (χ0) is 23.5. The minimum atomic E-state index is -0.292. The van der Waals surface area contributed by atoms with E-state index in [0.29, 0.717) is 34.3 Å². The number of para-hydroxylation sites is 1. The Labute approximate surface area is 194 Å². The molecule has 0 unspecified atom stereocenters. The number of benzene rings is 2. The molecule has 2 heterocycles. The van der Waals surface area contributed by atoms with Crippen molar-refractivity contribution in [2.45, 2.75) is 27.2 Å². The van der Waals surface area contributed by atoms with E-state index in [0.717, 1.165) is 15.8 Å². The smallest absolute Gasteiger partial charge is 0.283 e. The molecule has 0 saturated heterocycles. The number of carbonyl (C=O) groups excluding carboxylic acids is 1. The molecule has 8 nitrogen and oxygen atoms in total. The van der Waals surface area contributed by atoms with Crippen molar-refractivity contribution in [3.05, 3.63) is 64.4 Å². The molecule has 0 atom stereocenters. The van der Waals surface area contributed by atoms with Gasteiger partial charge in [0, 0.05) is 12.0 Å². The van der Waals surface area contributed by atoms with Crippen molar-refractivity contribution in [2.75, 3.05) is 7.11 Å². The van der Waals surface area contributed by atoms with E-state index in [1.165, 1.54) is 16.0 Å². The van der Waals surface area contributed by atoms with Gasteiger partial charge in [-0.2, -0.15) is 9.78 Å². The fourth-order valence-electron chi connectivity index (χ4n) is 3.45. The maximum absolute atomic E-state index is 13.5. The molecule has 170 valence electrons. The highest BCUT2D eigenvalue weighted by atomic mass is 32.1. The van der Waals surface area contributed by atoms with E-state index in [2.05, 4.69) is 20.6 Å². The summed E-state index contributed by atoms with van der Waals surface area (Å²) in [5.74, 6) is 0.718. The van der Waals surface area contributed by atoms with Gasteiger partial charge in [-0.3, -0.25) is 14.7 Å². The van der Waals surface area contributed by atoms with Gasteiger partial charge in [-0.1, -0.05) is 37.3 Å². The Morgan fingerprint density at radius 2 is 1.94 bits per heavy atom. The van der Waals surface area contributed by atoms with Crippen molar-refractivity contribution < 1.29 is 9.53 Å². The highest BCUT2D eigenvalue weighted by Crippen LogP contribution is 2.27. The lowest BCUT2D eigenvalue weighted by molar-refractivity contribution is -0.121. The molecule has 0 aliphatic rings. The van der Waals surface area contributed by atoms with E-state index in [9.17, 15) is 9.59 Å². The lowest BCUT2D eigenvalue weighted by atomic mass is 10.1. The summed E-state index contributed by atoms with van der Waals surface area (Å²) in [5, 5.41) is 7.95. The maximum Gasteiger partial charge on any atom is 0.283 e. The minimum absolute atomic E-state index is 0.197. The van der Waals surface area contributed by atoms with Gasteiger partial charge in [-0.05, 0) is 49.2 Å². The number of fused-ring (bicyclic) bond motifs is 1. The standard InChI is InChI=1S/C24H25N5O3S/c1-14(2)13-20(30)27-26-15(3)21-22(16-9-11-17(32-4)12-10-16)28-29(23(21)31)24-25-18-7-5-6-8-19(18)33-24/h5-12,14,28H,13H2,1-4H3,(H,27,30)/b26-15-. The zero-order valence-corrected chi connectivity index (χ0v) is 19.7. The topological polar surface area (TPSA) is 101 Å². The fourth-order valence-corrected chi connectivity index (χ4v) is 4.37. The first-order valence-corrected chi connectivity index (χ1v) is 11.4. The first-order chi connectivity index (χ1) is 15.9. The number of methoxy groups -OCH3 is 1. The molecular formula is C24H25N5O3S. The van der Waals surface area contributed by atoms with Crippen LogP contribution in [-0.2, 0) is 4.79 Å². The summed E-state index contributed by atoms with van der Waals surface area (Å²) >= 11 is 1.42. The number of hydrazone groups is 1. The molecular weight excluding hydrogens is 438 g/mol. The second-order valence-electron chi connectivity index (χ2n) is 8.03. The van der Waals surface area contributed by atoms with Crippen LogP contribution in [0.5, 0.6) is 5.75 Å². The predicted octanol–water partition coefficient (Wildman–Crippen LogP) is 4.34. The van der Waals surface area contributed by atoms with Gasteiger partial charge in [-0.15, -0.1) is 0 Å². The average Bonchev–Trinajstić information content (AvgIpc) is 3.38. The summed E-state index contributed by atoms with van der Waals surface area (Å²) in [4.78, 5) is 30.2. The normalized spacial score (nSPS) is 11.8. The summed E-state index contributed by atoms with van der Waals surface area (Å²) in [7, 11) is 1.60. The van der Waals surface area contributed by atoms with Crippen molar-refractivity contribution >= 4 is 33.2 Å². The Hall–Kier alpha value is -3.72. The second kappa shape index (κ2) is 9.41. The summed E-state index contributed by atoms with van der Waals surface area (Å²) in [6.45, 7) is 5.62. The Balaban J connectivity index is 1.82. The molecule has 33 heavy (non-hydrogen) atoms. The fraction of sp³-hybridized carbons (Fsp3) is 0.250. The number of hydrogen-bond donors (Lipinski definition) is 2. The summed E-state index contributed by atoms with van der Waals surface area (Å²) in [5.41, 5.74) is 5.22. The average molecular weight is 464 g/mol.